The largest absolute Gasteiger partial charge is 0.496 e. The van der Waals surface area contributed by atoms with Crippen molar-refractivity contribution in [3.8, 4) is 17.2 Å². The molecule has 19 heavy (non-hydrogen) atoms. The molecule has 1 amide bonds. The molecule has 1 aromatic carbocycles. The van der Waals surface area contributed by atoms with Crippen molar-refractivity contribution in [1.82, 2.24) is 5.32 Å². The molecule has 0 atom stereocenters. The zero-order valence-corrected chi connectivity index (χ0v) is 11.6. The van der Waals surface area contributed by atoms with Crippen LogP contribution in [0.1, 0.15) is 12.5 Å². The Morgan fingerprint density at radius 2 is 1.68 bits per heavy atom. The maximum atomic E-state index is 11.3. The summed E-state index contributed by atoms with van der Waals surface area (Å²) in [5.74, 6) is 1.77. The Bertz CT molecular complexity index is 408. The maximum absolute atomic E-state index is 11.3. The zero-order valence-electron chi connectivity index (χ0n) is 11.6. The van der Waals surface area contributed by atoms with Crippen molar-refractivity contribution in [2.45, 2.75) is 13.5 Å². The number of methoxy groups -OCH3 is 3. The number of nitrogens with one attached hydrogen (secondary N) is 1. The summed E-state index contributed by atoms with van der Waals surface area (Å²) in [6.07, 6.45) is -0.484. The predicted octanol–water partition coefficient (Wildman–Crippen LogP) is 1.96. The van der Waals surface area contributed by atoms with Crippen LogP contribution in [0.3, 0.4) is 0 Å². The van der Waals surface area contributed by atoms with Crippen molar-refractivity contribution in [1.29, 1.82) is 0 Å². The first-order chi connectivity index (χ1) is 9.15. The molecule has 6 nitrogen and oxygen atoms in total. The SMILES string of the molecule is CCOC(=O)NCc1c(OC)cc(OC)cc1OC. The molecular formula is C13H19NO5. The minimum atomic E-state index is -0.484. The molecule has 0 spiro atoms. The maximum Gasteiger partial charge on any atom is 0.407 e. The molecule has 0 saturated carbocycles. The Morgan fingerprint density at radius 1 is 1.11 bits per heavy atom. The van der Waals surface area contributed by atoms with E-state index in [4.69, 9.17) is 18.9 Å². The first kappa shape index (κ1) is 14.9. The van der Waals surface area contributed by atoms with Crippen LogP contribution in [0.5, 0.6) is 17.2 Å². The molecule has 0 aromatic heterocycles. The number of rotatable bonds is 6. The van der Waals surface area contributed by atoms with E-state index in [2.05, 4.69) is 5.32 Å². The fraction of sp³-hybridized carbons (Fsp3) is 0.462. The summed E-state index contributed by atoms with van der Waals surface area (Å²) in [5.41, 5.74) is 0.721. The summed E-state index contributed by atoms with van der Waals surface area (Å²) in [4.78, 5) is 11.3. The summed E-state index contributed by atoms with van der Waals surface area (Å²) in [6, 6.07) is 3.45. The van der Waals surface area contributed by atoms with Crippen LogP contribution in [-0.4, -0.2) is 34.0 Å². The van der Waals surface area contributed by atoms with Gasteiger partial charge in [0.05, 0.1) is 40.0 Å². The van der Waals surface area contributed by atoms with Crippen LogP contribution in [0, 0.1) is 0 Å². The third kappa shape index (κ3) is 3.94. The van der Waals surface area contributed by atoms with E-state index in [-0.39, 0.29) is 6.54 Å². The van der Waals surface area contributed by atoms with Gasteiger partial charge < -0.3 is 24.3 Å². The van der Waals surface area contributed by atoms with Gasteiger partial charge in [-0.05, 0) is 6.92 Å². The molecule has 1 rings (SSSR count). The normalized spacial score (nSPS) is 9.68. The number of carbonyl (C=O) groups excluding carboxylic acids is 1. The van der Waals surface area contributed by atoms with Gasteiger partial charge >= 0.3 is 6.09 Å². The molecule has 6 heteroatoms. The Labute approximate surface area is 112 Å². The van der Waals surface area contributed by atoms with E-state index >= 15 is 0 Å². The molecule has 0 heterocycles. The Hall–Kier alpha value is -2.11. The summed E-state index contributed by atoms with van der Waals surface area (Å²) in [7, 11) is 4.65. The molecule has 0 bridgehead atoms. The minimum absolute atomic E-state index is 0.245. The van der Waals surface area contributed by atoms with Crippen molar-refractivity contribution < 1.29 is 23.7 Å². The molecule has 0 radical (unpaired) electrons. The predicted molar refractivity (Wildman–Crippen MR) is 70.0 cm³/mol. The van der Waals surface area contributed by atoms with Gasteiger partial charge in [-0.3, -0.25) is 0 Å². The number of hydrogen-bond acceptors (Lipinski definition) is 5. The average Bonchev–Trinajstić information content (AvgIpc) is 2.44. The molecule has 0 saturated heterocycles. The van der Waals surface area contributed by atoms with Gasteiger partial charge in [-0.1, -0.05) is 0 Å². The van der Waals surface area contributed by atoms with Crippen molar-refractivity contribution in [3.63, 3.8) is 0 Å². The summed E-state index contributed by atoms with van der Waals surface area (Å²) >= 11 is 0. The van der Waals surface area contributed by atoms with E-state index in [9.17, 15) is 4.79 Å². The molecule has 0 aliphatic rings. The molecule has 0 fully saturated rings. The molecule has 1 N–H and O–H groups in total. The van der Waals surface area contributed by atoms with Crippen LogP contribution in [0.4, 0.5) is 4.79 Å². The fourth-order valence-electron chi connectivity index (χ4n) is 1.59. The first-order valence-electron chi connectivity index (χ1n) is 5.85. The Morgan fingerprint density at radius 3 is 2.11 bits per heavy atom. The van der Waals surface area contributed by atoms with E-state index in [1.807, 2.05) is 0 Å². The number of hydrogen-bond donors (Lipinski definition) is 1. The lowest BCUT2D eigenvalue weighted by Crippen LogP contribution is -2.24. The van der Waals surface area contributed by atoms with E-state index in [0.29, 0.717) is 23.9 Å². The average molecular weight is 269 g/mol. The zero-order chi connectivity index (χ0) is 14.3. The van der Waals surface area contributed by atoms with Crippen LogP contribution in [-0.2, 0) is 11.3 Å². The van der Waals surface area contributed by atoms with E-state index in [1.165, 1.54) is 0 Å². The topological polar surface area (TPSA) is 66.0 Å². The molecule has 0 aliphatic carbocycles. The molecule has 0 aliphatic heterocycles. The smallest absolute Gasteiger partial charge is 0.407 e. The number of benzene rings is 1. The monoisotopic (exact) mass is 269 g/mol. The third-order valence-corrected chi connectivity index (χ3v) is 2.50. The molecule has 106 valence electrons. The first-order valence-corrected chi connectivity index (χ1v) is 5.85. The van der Waals surface area contributed by atoms with Crippen LogP contribution >= 0.6 is 0 Å². The van der Waals surface area contributed by atoms with Gasteiger partial charge in [-0.15, -0.1) is 0 Å². The second-order valence-electron chi connectivity index (χ2n) is 3.58. The number of ether oxygens (including phenoxy) is 4. The minimum Gasteiger partial charge on any atom is -0.496 e. The Kier molecular flexibility index (Phi) is 5.78. The highest BCUT2D eigenvalue weighted by Gasteiger charge is 2.14. The highest BCUT2D eigenvalue weighted by atomic mass is 16.5. The highest BCUT2D eigenvalue weighted by Crippen LogP contribution is 2.33. The van der Waals surface area contributed by atoms with E-state index < -0.39 is 6.09 Å². The van der Waals surface area contributed by atoms with Crippen LogP contribution in [0.25, 0.3) is 0 Å². The highest BCUT2D eigenvalue weighted by molar-refractivity contribution is 5.67. The van der Waals surface area contributed by atoms with Crippen LogP contribution in [0.2, 0.25) is 0 Å². The number of alkyl carbamates (subject to hydrolysis) is 1. The summed E-state index contributed by atoms with van der Waals surface area (Å²) in [5, 5.41) is 2.62. The number of amides is 1. The lowest BCUT2D eigenvalue weighted by Gasteiger charge is -2.15. The lowest BCUT2D eigenvalue weighted by atomic mass is 10.1. The van der Waals surface area contributed by atoms with Gasteiger partial charge in [0.1, 0.15) is 17.2 Å². The second kappa shape index (κ2) is 7.35. The third-order valence-electron chi connectivity index (χ3n) is 2.50. The van der Waals surface area contributed by atoms with Crippen molar-refractivity contribution >= 4 is 6.09 Å². The van der Waals surface area contributed by atoms with Crippen molar-refractivity contribution in [2.75, 3.05) is 27.9 Å². The quantitative estimate of drug-likeness (QED) is 0.855. The lowest BCUT2D eigenvalue weighted by molar-refractivity contribution is 0.151. The van der Waals surface area contributed by atoms with E-state index in [0.717, 1.165) is 5.56 Å². The molecule has 1 aromatic rings. The molecule has 0 unspecified atom stereocenters. The van der Waals surface area contributed by atoms with Gasteiger partial charge in [0, 0.05) is 12.1 Å². The van der Waals surface area contributed by atoms with Gasteiger partial charge in [-0.2, -0.15) is 0 Å². The van der Waals surface area contributed by atoms with Crippen molar-refractivity contribution in [2.24, 2.45) is 0 Å². The summed E-state index contributed by atoms with van der Waals surface area (Å²) < 4.78 is 20.5. The van der Waals surface area contributed by atoms with E-state index in [1.54, 1.807) is 40.4 Å². The fourth-order valence-corrected chi connectivity index (χ4v) is 1.59. The van der Waals surface area contributed by atoms with Gasteiger partial charge in [0.15, 0.2) is 0 Å². The van der Waals surface area contributed by atoms with Crippen molar-refractivity contribution in [3.05, 3.63) is 17.7 Å². The molecular weight excluding hydrogens is 250 g/mol. The van der Waals surface area contributed by atoms with Gasteiger partial charge in [0.25, 0.3) is 0 Å². The standard InChI is InChI=1S/C13H19NO5/c1-5-19-13(15)14-8-10-11(17-3)6-9(16-2)7-12(10)18-4/h6-7H,5,8H2,1-4H3,(H,14,15). The second-order valence-corrected chi connectivity index (χ2v) is 3.58. The number of carbonyl (C=O) groups is 1. The van der Waals surface area contributed by atoms with Gasteiger partial charge in [-0.25, -0.2) is 4.79 Å². The van der Waals surface area contributed by atoms with Gasteiger partial charge in [0.2, 0.25) is 0 Å². The van der Waals surface area contributed by atoms with Crippen LogP contribution in [0.15, 0.2) is 12.1 Å². The summed E-state index contributed by atoms with van der Waals surface area (Å²) in [6.45, 7) is 2.31. The van der Waals surface area contributed by atoms with Crippen LogP contribution < -0.4 is 19.5 Å². The Balaban J connectivity index is 2.94.